The van der Waals surface area contributed by atoms with Gasteiger partial charge in [-0.25, -0.2) is 15.0 Å². The molecule has 0 spiro atoms. The molecule has 34 heavy (non-hydrogen) atoms. The van der Waals surface area contributed by atoms with Gasteiger partial charge in [0, 0.05) is 29.6 Å². The maximum atomic E-state index is 6.11. The molecule has 170 valence electrons. The molecule has 0 radical (unpaired) electrons. The lowest BCUT2D eigenvalue weighted by Gasteiger charge is -2.16. The summed E-state index contributed by atoms with van der Waals surface area (Å²) in [5.41, 5.74) is 6.65. The Morgan fingerprint density at radius 3 is 2.79 bits per heavy atom. The van der Waals surface area contributed by atoms with Gasteiger partial charge in [-0.1, -0.05) is 54.1 Å². The van der Waals surface area contributed by atoms with Gasteiger partial charge in [0.1, 0.15) is 23.8 Å². The van der Waals surface area contributed by atoms with E-state index in [1.165, 1.54) is 11.1 Å². The standard InChI is InChI=1S/C27H24ClN5O/c28-25-16-33(17-29-25)23-13-10-19-15-24(23)34-14-6-2-5-9-22-21-12-11-20(18-7-3-1-4-8-18)26(21)32-27(30-19)31-22/h1-4,6-8,10,13,15-17,20H,5,9,11-12,14H2,(H,30,31,32)/b6-2+. The molecule has 6 nitrogen and oxygen atoms in total. The van der Waals surface area contributed by atoms with Crippen molar-refractivity contribution in [1.29, 1.82) is 0 Å². The van der Waals surface area contributed by atoms with E-state index >= 15 is 0 Å². The fourth-order valence-electron chi connectivity index (χ4n) is 4.83. The summed E-state index contributed by atoms with van der Waals surface area (Å²) in [5.74, 6) is 1.66. The average Bonchev–Trinajstić information content (AvgIpc) is 3.48. The molecule has 0 saturated carbocycles. The highest BCUT2D eigenvalue weighted by atomic mass is 35.5. The number of nitrogens with zero attached hydrogens (tertiary/aromatic N) is 4. The summed E-state index contributed by atoms with van der Waals surface area (Å²) in [6.07, 6.45) is 11.6. The molecule has 4 bridgehead atoms. The fourth-order valence-corrected chi connectivity index (χ4v) is 4.98. The lowest BCUT2D eigenvalue weighted by Crippen LogP contribution is -2.08. The third-order valence-electron chi connectivity index (χ3n) is 6.43. The SMILES string of the molecule is Clc1cn(-c2ccc3cc2OC/C=C/CCc2nc(nc4c2CCC4c2ccccc2)N3)cn1. The van der Waals surface area contributed by atoms with Crippen LogP contribution < -0.4 is 10.1 Å². The molecule has 1 N–H and O–H groups in total. The van der Waals surface area contributed by atoms with Crippen LogP contribution in [0.4, 0.5) is 11.6 Å². The number of benzene rings is 2. The molecule has 2 aromatic carbocycles. The van der Waals surface area contributed by atoms with E-state index in [1.54, 1.807) is 12.5 Å². The first kappa shape index (κ1) is 20.9. The topological polar surface area (TPSA) is 64.9 Å². The zero-order valence-electron chi connectivity index (χ0n) is 18.6. The van der Waals surface area contributed by atoms with Crippen molar-refractivity contribution in [3.63, 3.8) is 0 Å². The maximum absolute atomic E-state index is 6.11. The van der Waals surface area contributed by atoms with Gasteiger partial charge in [-0.3, -0.25) is 0 Å². The minimum Gasteiger partial charge on any atom is -0.487 e. The third kappa shape index (κ3) is 4.05. The number of fused-ring (bicyclic) bond motifs is 6. The van der Waals surface area contributed by atoms with E-state index in [4.69, 9.17) is 26.3 Å². The summed E-state index contributed by atoms with van der Waals surface area (Å²) in [4.78, 5) is 14.1. The summed E-state index contributed by atoms with van der Waals surface area (Å²) in [5, 5.41) is 3.87. The van der Waals surface area contributed by atoms with E-state index < -0.39 is 0 Å². The van der Waals surface area contributed by atoms with Crippen molar-refractivity contribution in [2.24, 2.45) is 0 Å². The van der Waals surface area contributed by atoms with Crippen LogP contribution in [0.2, 0.25) is 5.15 Å². The number of nitrogens with one attached hydrogen (secondary N) is 1. The van der Waals surface area contributed by atoms with Crippen molar-refractivity contribution >= 4 is 23.2 Å². The molecule has 1 aliphatic heterocycles. The zero-order chi connectivity index (χ0) is 22.9. The minimum atomic E-state index is 0.303. The van der Waals surface area contributed by atoms with E-state index in [0.29, 0.717) is 23.6 Å². The Hall–Kier alpha value is -3.64. The smallest absolute Gasteiger partial charge is 0.227 e. The summed E-state index contributed by atoms with van der Waals surface area (Å²) in [7, 11) is 0. The van der Waals surface area contributed by atoms with Gasteiger partial charge in [-0.15, -0.1) is 0 Å². The monoisotopic (exact) mass is 469 g/mol. The predicted molar refractivity (Wildman–Crippen MR) is 133 cm³/mol. The van der Waals surface area contributed by atoms with Gasteiger partial charge in [0.2, 0.25) is 5.95 Å². The van der Waals surface area contributed by atoms with Crippen molar-refractivity contribution in [3.05, 3.63) is 101 Å². The van der Waals surface area contributed by atoms with E-state index in [1.807, 2.05) is 22.8 Å². The molecule has 7 heteroatoms. The molecule has 0 fully saturated rings. The number of hydrogen-bond donors (Lipinski definition) is 1. The normalized spacial score (nSPS) is 18.0. The molecule has 0 amide bonds. The number of halogens is 1. The van der Waals surface area contributed by atoms with Gasteiger partial charge in [0.25, 0.3) is 0 Å². The quantitative estimate of drug-likeness (QED) is 0.364. The molecule has 1 aliphatic carbocycles. The van der Waals surface area contributed by atoms with Crippen LogP contribution in [0, 0.1) is 0 Å². The number of anilines is 2. The molecule has 3 heterocycles. The van der Waals surface area contributed by atoms with Gasteiger partial charge in [0.15, 0.2) is 0 Å². The second-order valence-corrected chi connectivity index (χ2v) is 8.98. The Morgan fingerprint density at radius 2 is 1.94 bits per heavy atom. The molecule has 6 rings (SSSR count). The second kappa shape index (κ2) is 8.95. The van der Waals surface area contributed by atoms with E-state index in [-0.39, 0.29) is 0 Å². The van der Waals surface area contributed by atoms with E-state index in [9.17, 15) is 0 Å². The van der Waals surface area contributed by atoms with Gasteiger partial charge >= 0.3 is 0 Å². The van der Waals surface area contributed by atoms with E-state index in [0.717, 1.165) is 54.2 Å². The fraction of sp³-hybridized carbons (Fsp3) is 0.222. The summed E-state index contributed by atoms with van der Waals surface area (Å²) in [6.45, 7) is 0.482. The van der Waals surface area contributed by atoms with Crippen LogP contribution in [-0.4, -0.2) is 26.1 Å². The molecule has 2 aliphatic rings. The largest absolute Gasteiger partial charge is 0.487 e. The van der Waals surface area contributed by atoms with Crippen molar-refractivity contribution in [2.75, 3.05) is 11.9 Å². The van der Waals surface area contributed by atoms with Crippen LogP contribution in [0.5, 0.6) is 5.75 Å². The van der Waals surface area contributed by atoms with Crippen LogP contribution in [0.3, 0.4) is 0 Å². The van der Waals surface area contributed by atoms with Gasteiger partial charge < -0.3 is 14.6 Å². The Kier molecular flexibility index (Phi) is 5.51. The Balaban J connectivity index is 1.41. The van der Waals surface area contributed by atoms with Crippen LogP contribution in [0.1, 0.15) is 41.3 Å². The first-order chi connectivity index (χ1) is 16.7. The highest BCUT2D eigenvalue weighted by molar-refractivity contribution is 6.29. The first-order valence-corrected chi connectivity index (χ1v) is 12.0. The van der Waals surface area contributed by atoms with E-state index in [2.05, 4.69) is 52.8 Å². The number of aryl methyl sites for hydroxylation is 1. The third-order valence-corrected chi connectivity index (χ3v) is 6.63. The maximum Gasteiger partial charge on any atom is 0.227 e. The summed E-state index contributed by atoms with van der Waals surface area (Å²) < 4.78 is 7.97. The molecule has 4 aromatic rings. The van der Waals surface area contributed by atoms with Crippen LogP contribution in [0.15, 0.2) is 73.2 Å². The van der Waals surface area contributed by atoms with Crippen molar-refractivity contribution in [1.82, 2.24) is 19.5 Å². The summed E-state index contributed by atoms with van der Waals surface area (Å²) >= 11 is 6.04. The molecule has 1 unspecified atom stereocenters. The number of ether oxygens (including phenoxy) is 1. The number of imidazole rings is 1. The van der Waals surface area contributed by atoms with Crippen molar-refractivity contribution < 1.29 is 4.74 Å². The number of rotatable bonds is 2. The van der Waals surface area contributed by atoms with Crippen LogP contribution in [-0.2, 0) is 12.8 Å². The lowest BCUT2D eigenvalue weighted by molar-refractivity contribution is 0.361. The Morgan fingerprint density at radius 1 is 1.03 bits per heavy atom. The van der Waals surface area contributed by atoms with Crippen LogP contribution >= 0.6 is 11.6 Å². The minimum absolute atomic E-state index is 0.303. The highest BCUT2D eigenvalue weighted by Crippen LogP contribution is 2.39. The average molecular weight is 470 g/mol. The number of hydrogen-bond acceptors (Lipinski definition) is 5. The van der Waals surface area contributed by atoms with Crippen molar-refractivity contribution in [2.45, 2.75) is 31.6 Å². The molecular weight excluding hydrogens is 446 g/mol. The molecule has 1 atom stereocenters. The zero-order valence-corrected chi connectivity index (χ0v) is 19.4. The van der Waals surface area contributed by atoms with Crippen molar-refractivity contribution in [3.8, 4) is 11.4 Å². The lowest BCUT2D eigenvalue weighted by atomic mass is 9.96. The second-order valence-electron chi connectivity index (χ2n) is 8.59. The van der Waals surface area contributed by atoms with Gasteiger partial charge in [-0.05, 0) is 48.9 Å². The highest BCUT2D eigenvalue weighted by Gasteiger charge is 2.29. The van der Waals surface area contributed by atoms with Gasteiger partial charge in [0.05, 0.1) is 11.4 Å². The number of allylic oxidation sites excluding steroid dienone is 1. The predicted octanol–water partition coefficient (Wildman–Crippen LogP) is 6.02. The first-order valence-electron chi connectivity index (χ1n) is 11.6. The van der Waals surface area contributed by atoms with Gasteiger partial charge in [-0.2, -0.15) is 0 Å². The number of aromatic nitrogens is 4. The molecular formula is C27H24ClN5O. The molecule has 0 saturated heterocycles. The Labute approximate surface area is 203 Å². The van der Waals surface area contributed by atoms with Crippen LogP contribution in [0.25, 0.3) is 5.69 Å². The Bertz CT molecular complexity index is 1360. The summed E-state index contributed by atoms with van der Waals surface area (Å²) in [6, 6.07) is 16.6. The molecule has 2 aromatic heterocycles.